The van der Waals surface area contributed by atoms with Crippen LogP contribution in [-0.4, -0.2) is 10.5 Å². The Kier molecular flexibility index (Phi) is 6.57. The summed E-state index contributed by atoms with van der Waals surface area (Å²) in [6.45, 7) is 8.82. The zero-order valence-electron chi connectivity index (χ0n) is 15.7. The summed E-state index contributed by atoms with van der Waals surface area (Å²) in [5.74, 6) is -0.326. The summed E-state index contributed by atoms with van der Waals surface area (Å²) >= 11 is 0. The van der Waals surface area contributed by atoms with Crippen LogP contribution in [0.3, 0.4) is 0 Å². The van der Waals surface area contributed by atoms with Crippen LogP contribution in [0.4, 0.5) is 5.69 Å². The van der Waals surface area contributed by atoms with Gasteiger partial charge in [0.05, 0.1) is 0 Å². The summed E-state index contributed by atoms with van der Waals surface area (Å²) in [7, 11) is 0. The van der Waals surface area contributed by atoms with E-state index in [0.29, 0.717) is 0 Å². The molecule has 2 aromatic rings. The highest BCUT2D eigenvalue weighted by atomic mass is 16.2. The van der Waals surface area contributed by atoms with Crippen molar-refractivity contribution in [1.82, 2.24) is 4.57 Å². The second-order valence-electron chi connectivity index (χ2n) is 6.43. The zero-order chi connectivity index (χ0) is 18.4. The number of amides is 1. The number of aryl methyl sites for hydroxylation is 2. The second kappa shape index (κ2) is 8.65. The van der Waals surface area contributed by atoms with Crippen LogP contribution in [0.15, 0.2) is 35.1 Å². The van der Waals surface area contributed by atoms with Crippen molar-refractivity contribution in [3.63, 3.8) is 0 Å². The SMILES string of the molecule is CCCCCn1c(C)cc(=O)c(C(=O)Nc2ccccc2CC)c1C. The van der Waals surface area contributed by atoms with E-state index in [9.17, 15) is 9.59 Å². The molecule has 1 heterocycles. The molecule has 1 aromatic heterocycles. The Hall–Kier alpha value is -2.36. The average Bonchev–Trinajstić information content (AvgIpc) is 2.58. The van der Waals surface area contributed by atoms with Crippen molar-refractivity contribution in [2.45, 2.75) is 59.9 Å². The maximum absolute atomic E-state index is 12.8. The van der Waals surface area contributed by atoms with Crippen molar-refractivity contribution in [3.05, 3.63) is 63.1 Å². The number of hydrogen-bond acceptors (Lipinski definition) is 2. The summed E-state index contributed by atoms with van der Waals surface area (Å²) in [6, 6.07) is 9.27. The number of carbonyl (C=O) groups excluding carboxylic acids is 1. The van der Waals surface area contributed by atoms with Gasteiger partial charge in [-0.25, -0.2) is 0 Å². The Morgan fingerprint density at radius 1 is 1.12 bits per heavy atom. The third-order valence-corrected chi connectivity index (χ3v) is 4.64. The Bertz CT molecular complexity index is 806. The van der Waals surface area contributed by atoms with Crippen molar-refractivity contribution in [2.75, 3.05) is 5.32 Å². The van der Waals surface area contributed by atoms with Crippen LogP contribution in [0.1, 0.15) is 60.4 Å². The molecule has 0 unspecified atom stereocenters. The summed E-state index contributed by atoms with van der Waals surface area (Å²) in [4.78, 5) is 25.2. The molecule has 4 nitrogen and oxygen atoms in total. The van der Waals surface area contributed by atoms with Gasteiger partial charge in [0.15, 0.2) is 5.43 Å². The Morgan fingerprint density at radius 3 is 2.52 bits per heavy atom. The highest BCUT2D eigenvalue weighted by Gasteiger charge is 2.18. The first kappa shape index (κ1) is 19.0. The van der Waals surface area contributed by atoms with Crippen LogP contribution < -0.4 is 10.7 Å². The van der Waals surface area contributed by atoms with E-state index in [2.05, 4.69) is 16.8 Å². The first-order valence-electron chi connectivity index (χ1n) is 9.09. The summed E-state index contributed by atoms with van der Waals surface area (Å²) in [6.07, 6.45) is 4.14. The Balaban J connectivity index is 2.35. The number of rotatable bonds is 7. The number of carbonyl (C=O) groups is 1. The number of nitrogens with one attached hydrogen (secondary N) is 1. The van der Waals surface area contributed by atoms with E-state index in [4.69, 9.17) is 0 Å². The molecule has 0 spiro atoms. The molecule has 1 N–H and O–H groups in total. The molecule has 0 bridgehead atoms. The minimum Gasteiger partial charge on any atom is -0.348 e. The van der Waals surface area contributed by atoms with Gasteiger partial charge in [0.1, 0.15) is 5.56 Å². The fourth-order valence-corrected chi connectivity index (χ4v) is 3.19. The maximum Gasteiger partial charge on any atom is 0.261 e. The lowest BCUT2D eigenvalue weighted by molar-refractivity contribution is 0.102. The smallest absolute Gasteiger partial charge is 0.261 e. The molecule has 0 atom stereocenters. The number of unbranched alkanes of at least 4 members (excludes halogenated alkanes) is 2. The number of nitrogens with zero attached hydrogens (tertiary/aromatic N) is 1. The molecule has 0 fully saturated rings. The van der Waals surface area contributed by atoms with Gasteiger partial charge in [-0.2, -0.15) is 0 Å². The quantitative estimate of drug-likeness (QED) is 0.756. The zero-order valence-corrected chi connectivity index (χ0v) is 15.7. The highest BCUT2D eigenvalue weighted by molar-refractivity contribution is 6.05. The van der Waals surface area contributed by atoms with Crippen molar-refractivity contribution < 1.29 is 4.79 Å². The van der Waals surface area contributed by atoms with Crippen molar-refractivity contribution >= 4 is 11.6 Å². The number of benzene rings is 1. The second-order valence-corrected chi connectivity index (χ2v) is 6.43. The van der Waals surface area contributed by atoms with Gasteiger partial charge in [0.2, 0.25) is 0 Å². The lowest BCUT2D eigenvalue weighted by atomic mass is 10.1. The topological polar surface area (TPSA) is 51.1 Å². The minimum atomic E-state index is -0.326. The average molecular weight is 340 g/mol. The fraction of sp³-hybridized carbons (Fsp3) is 0.429. The molecular formula is C21H28N2O2. The van der Waals surface area contributed by atoms with Gasteiger partial charge in [-0.3, -0.25) is 9.59 Å². The molecule has 0 aliphatic rings. The molecule has 1 aromatic carbocycles. The van der Waals surface area contributed by atoms with E-state index in [1.165, 1.54) is 0 Å². The monoisotopic (exact) mass is 340 g/mol. The maximum atomic E-state index is 12.8. The fourth-order valence-electron chi connectivity index (χ4n) is 3.19. The molecule has 4 heteroatoms. The predicted octanol–water partition coefficient (Wildman–Crippen LogP) is 4.47. The van der Waals surface area contributed by atoms with Gasteiger partial charge < -0.3 is 9.88 Å². The van der Waals surface area contributed by atoms with E-state index >= 15 is 0 Å². The van der Waals surface area contributed by atoms with Crippen LogP contribution in [0.5, 0.6) is 0 Å². The van der Waals surface area contributed by atoms with E-state index in [1.54, 1.807) is 6.07 Å². The number of aromatic nitrogens is 1. The van der Waals surface area contributed by atoms with Gasteiger partial charge in [-0.15, -0.1) is 0 Å². The van der Waals surface area contributed by atoms with E-state index in [-0.39, 0.29) is 16.9 Å². The molecule has 0 aliphatic carbocycles. The lowest BCUT2D eigenvalue weighted by Gasteiger charge is -2.18. The molecule has 0 aliphatic heterocycles. The third kappa shape index (κ3) is 4.38. The third-order valence-electron chi connectivity index (χ3n) is 4.64. The Morgan fingerprint density at radius 2 is 1.84 bits per heavy atom. The van der Waals surface area contributed by atoms with Crippen molar-refractivity contribution in [1.29, 1.82) is 0 Å². The van der Waals surface area contributed by atoms with Crippen LogP contribution in [0.2, 0.25) is 0 Å². The molecule has 134 valence electrons. The number of hydrogen-bond donors (Lipinski definition) is 1. The summed E-state index contributed by atoms with van der Waals surface area (Å²) < 4.78 is 2.08. The van der Waals surface area contributed by atoms with Crippen molar-refractivity contribution in [3.8, 4) is 0 Å². The lowest BCUT2D eigenvalue weighted by Crippen LogP contribution is -2.27. The number of pyridine rings is 1. The first-order chi connectivity index (χ1) is 12.0. The molecule has 0 saturated heterocycles. The van der Waals surface area contributed by atoms with Gasteiger partial charge in [-0.1, -0.05) is 44.9 Å². The molecule has 2 rings (SSSR count). The van der Waals surface area contributed by atoms with Gasteiger partial charge in [-0.05, 0) is 38.3 Å². The molecular weight excluding hydrogens is 312 g/mol. The van der Waals surface area contributed by atoms with Crippen LogP contribution in [-0.2, 0) is 13.0 Å². The largest absolute Gasteiger partial charge is 0.348 e. The molecule has 25 heavy (non-hydrogen) atoms. The van der Waals surface area contributed by atoms with Crippen LogP contribution in [0, 0.1) is 13.8 Å². The molecule has 0 saturated carbocycles. The van der Waals surface area contributed by atoms with Gasteiger partial charge in [0.25, 0.3) is 5.91 Å². The predicted molar refractivity (Wildman–Crippen MR) is 103 cm³/mol. The number of para-hydroxylation sites is 1. The van der Waals surface area contributed by atoms with Crippen LogP contribution in [0.25, 0.3) is 0 Å². The normalized spacial score (nSPS) is 10.7. The number of anilines is 1. The van der Waals surface area contributed by atoms with Crippen LogP contribution >= 0.6 is 0 Å². The van der Waals surface area contributed by atoms with E-state index in [0.717, 1.165) is 54.9 Å². The van der Waals surface area contributed by atoms with E-state index in [1.807, 2.05) is 45.0 Å². The highest BCUT2D eigenvalue weighted by Crippen LogP contribution is 2.17. The van der Waals surface area contributed by atoms with E-state index < -0.39 is 0 Å². The standard InChI is InChI=1S/C21H28N2O2/c1-5-7-10-13-23-15(3)14-19(24)20(16(23)4)21(25)22-18-12-9-8-11-17(18)6-2/h8-9,11-12,14H,5-7,10,13H2,1-4H3,(H,22,25). The first-order valence-corrected chi connectivity index (χ1v) is 9.09. The van der Waals surface area contributed by atoms with Gasteiger partial charge >= 0.3 is 0 Å². The summed E-state index contributed by atoms with van der Waals surface area (Å²) in [5.41, 5.74) is 3.51. The Labute approximate surface area is 149 Å². The van der Waals surface area contributed by atoms with Crippen molar-refractivity contribution in [2.24, 2.45) is 0 Å². The molecule has 0 radical (unpaired) electrons. The van der Waals surface area contributed by atoms with Gasteiger partial charge in [0, 0.05) is 29.7 Å². The summed E-state index contributed by atoms with van der Waals surface area (Å²) in [5, 5.41) is 2.92. The minimum absolute atomic E-state index is 0.215. The molecule has 1 amide bonds.